The number of carbonyl (C=O) groups excluding carboxylic acids is 1. The molecule has 1 amide bonds. The van der Waals surface area contributed by atoms with Crippen molar-refractivity contribution in [3.05, 3.63) is 64.5 Å². The first-order chi connectivity index (χ1) is 13.8. The largest absolute Gasteiger partial charge is 0.321 e. The molecule has 12 heteroatoms. The minimum absolute atomic E-state index is 0.0239. The number of alkyl halides is 2. The molecule has 29 heavy (non-hydrogen) atoms. The van der Waals surface area contributed by atoms with E-state index in [1.54, 1.807) is 23.7 Å². The number of nitro benzene ring substituents is 1. The number of benzene rings is 2. The van der Waals surface area contributed by atoms with Crippen LogP contribution in [0.25, 0.3) is 0 Å². The Morgan fingerprint density at radius 3 is 2.66 bits per heavy atom. The third kappa shape index (κ3) is 5.09. The third-order valence-electron chi connectivity index (χ3n) is 3.64. The lowest BCUT2D eigenvalue weighted by Gasteiger charge is -2.11. The van der Waals surface area contributed by atoms with Crippen LogP contribution in [0, 0.1) is 10.1 Å². The Bertz CT molecular complexity index is 1060. The Hall–Kier alpha value is -2.99. The van der Waals surface area contributed by atoms with E-state index >= 15 is 0 Å². The molecule has 3 rings (SSSR count). The molecule has 1 aromatic heterocycles. The molecule has 2 aromatic carbocycles. The molecule has 0 aliphatic heterocycles. The number of carbonyl (C=O) groups is 1. The number of hydrogen-bond acceptors (Lipinski definition) is 7. The minimum atomic E-state index is -2.65. The number of hydrogen-bond donors (Lipinski definition) is 1. The van der Waals surface area contributed by atoms with Gasteiger partial charge in [-0.1, -0.05) is 23.9 Å². The zero-order valence-corrected chi connectivity index (χ0v) is 16.4. The van der Waals surface area contributed by atoms with Crippen LogP contribution in [-0.4, -0.2) is 31.4 Å². The fourth-order valence-corrected chi connectivity index (χ4v) is 3.76. The predicted octanol–water partition coefficient (Wildman–Crippen LogP) is 4.44. The monoisotopic (exact) mass is 437 g/mol. The van der Waals surface area contributed by atoms with Crippen molar-refractivity contribution >= 4 is 40.8 Å². The van der Waals surface area contributed by atoms with Gasteiger partial charge in [-0.2, -0.15) is 8.78 Å². The van der Waals surface area contributed by atoms with Crippen molar-refractivity contribution in [2.75, 3.05) is 5.32 Å². The van der Waals surface area contributed by atoms with Gasteiger partial charge in [0.1, 0.15) is 6.33 Å². The van der Waals surface area contributed by atoms with Gasteiger partial charge >= 0.3 is 0 Å². The summed E-state index contributed by atoms with van der Waals surface area (Å²) in [5.74, 6) is -3.29. The Morgan fingerprint density at radius 1 is 1.24 bits per heavy atom. The first-order valence-electron chi connectivity index (χ1n) is 8.00. The molecule has 0 radical (unpaired) electrons. The summed E-state index contributed by atoms with van der Waals surface area (Å²) in [6.07, 6.45) is 1.46. The van der Waals surface area contributed by atoms with Crippen molar-refractivity contribution < 1.29 is 18.5 Å². The number of nitrogens with one attached hydrogen (secondary N) is 1. The first kappa shape index (κ1) is 20.7. The molecule has 8 nitrogen and oxygen atoms in total. The Labute approximate surface area is 171 Å². The maximum absolute atomic E-state index is 12.7. The molecule has 0 aliphatic carbocycles. The molecule has 0 aliphatic rings. The average molecular weight is 437 g/mol. The molecule has 1 N–H and O–H groups in total. The van der Waals surface area contributed by atoms with Crippen molar-refractivity contribution in [3.63, 3.8) is 0 Å². The normalized spacial score (nSPS) is 10.9. The molecule has 0 fully saturated rings. The first-order valence-corrected chi connectivity index (χ1v) is 9.70. The van der Waals surface area contributed by atoms with Crippen LogP contribution in [0.3, 0.4) is 0 Å². The molecule has 3 aromatic rings. The molecule has 0 unspecified atom stereocenters. The fraction of sp³-hybridized carbons (Fsp3) is 0.118. The van der Waals surface area contributed by atoms with Crippen molar-refractivity contribution in [2.24, 2.45) is 7.05 Å². The summed E-state index contributed by atoms with van der Waals surface area (Å²) < 4.78 is 27.0. The van der Waals surface area contributed by atoms with Crippen LogP contribution in [0.15, 0.2) is 63.7 Å². The van der Waals surface area contributed by atoms with E-state index in [1.165, 1.54) is 30.6 Å². The third-order valence-corrected chi connectivity index (χ3v) is 5.55. The van der Waals surface area contributed by atoms with E-state index in [-0.39, 0.29) is 26.7 Å². The van der Waals surface area contributed by atoms with E-state index in [9.17, 15) is 23.7 Å². The average Bonchev–Trinajstić information content (AvgIpc) is 3.07. The summed E-state index contributed by atoms with van der Waals surface area (Å²) in [6, 6.07) is 10.1. The molecule has 1 heterocycles. The summed E-state index contributed by atoms with van der Waals surface area (Å²) >= 11 is 1.34. The summed E-state index contributed by atoms with van der Waals surface area (Å²) in [6.45, 7) is 0. The quantitative estimate of drug-likeness (QED) is 0.331. The van der Waals surface area contributed by atoms with Gasteiger partial charge in [0, 0.05) is 23.6 Å². The summed E-state index contributed by atoms with van der Waals surface area (Å²) in [5, 5.41) is 22.0. The predicted molar refractivity (Wildman–Crippen MR) is 104 cm³/mol. The number of anilines is 1. The van der Waals surface area contributed by atoms with Crippen LogP contribution in [0.4, 0.5) is 20.2 Å². The molecule has 0 bridgehead atoms. The van der Waals surface area contributed by atoms with Crippen molar-refractivity contribution in [1.29, 1.82) is 0 Å². The Kier molecular flexibility index (Phi) is 6.44. The lowest BCUT2D eigenvalue weighted by atomic mass is 10.2. The van der Waals surface area contributed by atoms with Crippen molar-refractivity contribution in [3.8, 4) is 0 Å². The SMILES string of the molecule is Cn1cnnc1Sc1ccc(C(=O)Nc2ccccc2SC(F)F)cc1[N+](=O)[O-]. The van der Waals surface area contributed by atoms with E-state index in [4.69, 9.17) is 0 Å². The van der Waals surface area contributed by atoms with Crippen LogP contribution in [0.5, 0.6) is 0 Å². The number of rotatable bonds is 7. The zero-order chi connectivity index (χ0) is 21.0. The second-order valence-electron chi connectivity index (χ2n) is 5.59. The van der Waals surface area contributed by atoms with E-state index < -0.39 is 16.6 Å². The maximum atomic E-state index is 12.7. The number of amides is 1. The molecular formula is C17H13F2N5O3S2. The van der Waals surface area contributed by atoms with Gasteiger partial charge in [-0.05, 0) is 36.0 Å². The lowest BCUT2D eigenvalue weighted by Crippen LogP contribution is -2.13. The Balaban J connectivity index is 1.86. The van der Waals surface area contributed by atoms with Crippen LogP contribution >= 0.6 is 23.5 Å². The number of aryl methyl sites for hydroxylation is 1. The second-order valence-corrected chi connectivity index (χ2v) is 7.64. The van der Waals surface area contributed by atoms with Crippen molar-refractivity contribution in [2.45, 2.75) is 20.7 Å². The van der Waals surface area contributed by atoms with E-state index in [0.29, 0.717) is 16.9 Å². The van der Waals surface area contributed by atoms with E-state index in [1.807, 2.05) is 0 Å². The highest BCUT2D eigenvalue weighted by Crippen LogP contribution is 2.35. The second kappa shape index (κ2) is 9.01. The van der Waals surface area contributed by atoms with Crippen LogP contribution in [-0.2, 0) is 7.05 Å². The number of aromatic nitrogens is 3. The molecule has 0 saturated heterocycles. The highest BCUT2D eigenvalue weighted by molar-refractivity contribution is 7.99. The molecule has 0 atom stereocenters. The van der Waals surface area contributed by atoms with Gasteiger partial charge in [-0.15, -0.1) is 10.2 Å². The summed E-state index contributed by atoms with van der Waals surface area (Å²) in [5.41, 5.74) is -0.0558. The standard InChI is InChI=1S/C17H13F2N5O3S2/c1-23-9-20-22-17(23)29-14-7-6-10(8-12(14)24(26)27)15(25)21-11-4-2-3-5-13(11)28-16(18)19/h2-9,16H,1H3,(H,21,25). The van der Waals surface area contributed by atoms with Gasteiger partial charge < -0.3 is 9.88 Å². The number of halogens is 2. The number of para-hydroxylation sites is 1. The smallest absolute Gasteiger partial charge is 0.288 e. The lowest BCUT2D eigenvalue weighted by molar-refractivity contribution is -0.387. The van der Waals surface area contributed by atoms with Crippen LogP contribution in [0.1, 0.15) is 10.4 Å². The number of nitro groups is 1. The summed E-state index contributed by atoms with van der Waals surface area (Å²) in [7, 11) is 1.70. The van der Waals surface area contributed by atoms with Gasteiger partial charge in [0.25, 0.3) is 17.4 Å². The van der Waals surface area contributed by atoms with Gasteiger partial charge in [-0.3, -0.25) is 14.9 Å². The van der Waals surface area contributed by atoms with Crippen LogP contribution in [0.2, 0.25) is 0 Å². The highest BCUT2D eigenvalue weighted by atomic mass is 32.2. The molecular weight excluding hydrogens is 424 g/mol. The van der Waals surface area contributed by atoms with Gasteiger partial charge in [0.2, 0.25) is 0 Å². The fourth-order valence-electron chi connectivity index (χ4n) is 2.31. The van der Waals surface area contributed by atoms with E-state index in [0.717, 1.165) is 17.8 Å². The highest BCUT2D eigenvalue weighted by Gasteiger charge is 2.21. The van der Waals surface area contributed by atoms with Gasteiger partial charge in [0.05, 0.1) is 15.5 Å². The molecule has 0 spiro atoms. The minimum Gasteiger partial charge on any atom is -0.321 e. The topological polar surface area (TPSA) is 103 Å². The zero-order valence-electron chi connectivity index (χ0n) is 14.8. The van der Waals surface area contributed by atoms with Gasteiger partial charge in [-0.25, -0.2) is 0 Å². The summed E-state index contributed by atoms with van der Waals surface area (Å²) in [4.78, 5) is 23.9. The molecule has 0 saturated carbocycles. The van der Waals surface area contributed by atoms with Gasteiger partial charge in [0.15, 0.2) is 5.16 Å². The van der Waals surface area contributed by atoms with E-state index in [2.05, 4.69) is 15.5 Å². The number of nitrogens with zero attached hydrogens (tertiary/aromatic N) is 4. The molecule has 150 valence electrons. The van der Waals surface area contributed by atoms with Crippen molar-refractivity contribution in [1.82, 2.24) is 14.8 Å². The Morgan fingerprint density at radius 2 is 2.00 bits per heavy atom. The van der Waals surface area contributed by atoms with Crippen LogP contribution < -0.4 is 5.32 Å². The number of thioether (sulfide) groups is 1. The maximum Gasteiger partial charge on any atom is 0.288 e.